The lowest BCUT2D eigenvalue weighted by molar-refractivity contribution is 0.171. The number of benzene rings is 1. The normalized spacial score (nSPS) is 15.1. The van der Waals surface area contributed by atoms with Crippen LogP contribution in [-0.4, -0.2) is 22.8 Å². The van der Waals surface area contributed by atoms with Crippen molar-refractivity contribution in [2.24, 2.45) is 13.0 Å². The maximum Gasteiger partial charge on any atom is 0.161 e. The van der Waals surface area contributed by atoms with Crippen LogP contribution in [0.25, 0.3) is 0 Å². The van der Waals surface area contributed by atoms with Crippen molar-refractivity contribution in [3.8, 4) is 11.5 Å². The van der Waals surface area contributed by atoms with E-state index < -0.39 is 0 Å². The number of rotatable bonds is 5. The Morgan fingerprint density at radius 3 is 2.68 bits per heavy atom. The molecular formula is C17H23N3O2. The van der Waals surface area contributed by atoms with Crippen molar-refractivity contribution in [1.29, 1.82) is 0 Å². The molecule has 5 nitrogen and oxygen atoms in total. The molecule has 1 aliphatic heterocycles. The van der Waals surface area contributed by atoms with Gasteiger partial charge in [-0.15, -0.1) is 0 Å². The molecular weight excluding hydrogens is 278 g/mol. The zero-order valence-electron chi connectivity index (χ0n) is 13.4. The van der Waals surface area contributed by atoms with E-state index in [0.717, 1.165) is 18.0 Å². The third-order valence-corrected chi connectivity index (χ3v) is 4.01. The number of hydrogen-bond donors (Lipinski definition) is 1. The molecule has 0 saturated carbocycles. The van der Waals surface area contributed by atoms with Crippen LogP contribution in [0.3, 0.4) is 0 Å². The zero-order valence-corrected chi connectivity index (χ0v) is 13.4. The topological polar surface area (TPSA) is 48.3 Å². The van der Waals surface area contributed by atoms with Crippen molar-refractivity contribution in [1.82, 2.24) is 14.9 Å². The SMILES string of the molecule is CC(C)[C@@H](NCc1cncn1C)c1ccc2c(c1)OCCO2. The molecule has 0 amide bonds. The number of ether oxygens (including phenoxy) is 2. The van der Waals surface area contributed by atoms with E-state index in [1.807, 2.05) is 30.2 Å². The average molecular weight is 301 g/mol. The van der Waals surface area contributed by atoms with Gasteiger partial charge in [-0.1, -0.05) is 19.9 Å². The molecule has 0 radical (unpaired) electrons. The minimum absolute atomic E-state index is 0.255. The van der Waals surface area contributed by atoms with Crippen LogP contribution in [0.2, 0.25) is 0 Å². The number of nitrogens with one attached hydrogen (secondary N) is 1. The third-order valence-electron chi connectivity index (χ3n) is 4.01. The molecule has 0 unspecified atom stereocenters. The molecule has 118 valence electrons. The summed E-state index contributed by atoms with van der Waals surface area (Å²) in [6.07, 6.45) is 3.72. The summed E-state index contributed by atoms with van der Waals surface area (Å²) in [5, 5.41) is 3.63. The Kier molecular flexibility index (Phi) is 4.34. The largest absolute Gasteiger partial charge is 0.486 e. The molecule has 1 N–H and O–H groups in total. The first-order chi connectivity index (χ1) is 10.6. The number of aryl methyl sites for hydroxylation is 1. The van der Waals surface area contributed by atoms with Crippen LogP contribution in [0.1, 0.15) is 31.1 Å². The Hall–Kier alpha value is -2.01. The van der Waals surface area contributed by atoms with Gasteiger partial charge in [-0.25, -0.2) is 4.98 Å². The summed E-state index contributed by atoms with van der Waals surface area (Å²) in [5.41, 5.74) is 2.39. The van der Waals surface area contributed by atoms with Gasteiger partial charge in [-0.2, -0.15) is 0 Å². The summed E-state index contributed by atoms with van der Waals surface area (Å²) in [7, 11) is 2.01. The Morgan fingerprint density at radius 2 is 2.00 bits per heavy atom. The molecule has 1 atom stereocenters. The van der Waals surface area contributed by atoms with Crippen molar-refractivity contribution >= 4 is 0 Å². The fraction of sp³-hybridized carbons (Fsp3) is 0.471. The molecule has 0 saturated heterocycles. The van der Waals surface area contributed by atoms with Crippen LogP contribution in [0, 0.1) is 5.92 Å². The van der Waals surface area contributed by atoms with Crippen LogP contribution in [0.4, 0.5) is 0 Å². The van der Waals surface area contributed by atoms with Gasteiger partial charge >= 0.3 is 0 Å². The molecule has 1 aromatic carbocycles. The summed E-state index contributed by atoms with van der Waals surface area (Å²) >= 11 is 0. The van der Waals surface area contributed by atoms with E-state index in [0.29, 0.717) is 19.1 Å². The Bertz CT molecular complexity index is 637. The van der Waals surface area contributed by atoms with Crippen molar-refractivity contribution < 1.29 is 9.47 Å². The van der Waals surface area contributed by atoms with Crippen LogP contribution in [-0.2, 0) is 13.6 Å². The molecule has 3 rings (SSSR count). The van der Waals surface area contributed by atoms with E-state index >= 15 is 0 Å². The van der Waals surface area contributed by atoms with E-state index in [4.69, 9.17) is 9.47 Å². The van der Waals surface area contributed by atoms with Crippen LogP contribution in [0.15, 0.2) is 30.7 Å². The number of aromatic nitrogens is 2. The number of nitrogens with zero attached hydrogens (tertiary/aromatic N) is 2. The van der Waals surface area contributed by atoms with E-state index in [-0.39, 0.29) is 6.04 Å². The Balaban J connectivity index is 1.77. The second-order valence-electron chi connectivity index (χ2n) is 6.00. The van der Waals surface area contributed by atoms with E-state index in [2.05, 4.69) is 36.3 Å². The average Bonchev–Trinajstić information content (AvgIpc) is 2.92. The number of imidazole rings is 1. The highest BCUT2D eigenvalue weighted by atomic mass is 16.6. The third kappa shape index (κ3) is 3.09. The smallest absolute Gasteiger partial charge is 0.161 e. The Morgan fingerprint density at radius 1 is 1.23 bits per heavy atom. The predicted molar refractivity (Wildman–Crippen MR) is 85.1 cm³/mol. The van der Waals surface area contributed by atoms with Gasteiger partial charge in [-0.05, 0) is 23.6 Å². The van der Waals surface area contributed by atoms with Gasteiger partial charge in [0.15, 0.2) is 11.5 Å². The summed E-state index contributed by atoms with van der Waals surface area (Å²) < 4.78 is 13.3. The highest BCUT2D eigenvalue weighted by Gasteiger charge is 2.19. The maximum absolute atomic E-state index is 5.70. The van der Waals surface area contributed by atoms with Gasteiger partial charge < -0.3 is 19.4 Å². The maximum atomic E-state index is 5.70. The second kappa shape index (κ2) is 6.40. The van der Waals surface area contributed by atoms with Crippen molar-refractivity contribution in [3.63, 3.8) is 0 Å². The van der Waals surface area contributed by atoms with Gasteiger partial charge in [0.2, 0.25) is 0 Å². The summed E-state index contributed by atoms with van der Waals surface area (Å²) in [5.74, 6) is 2.15. The molecule has 1 aliphatic rings. The molecule has 2 heterocycles. The first kappa shape index (κ1) is 14.9. The summed E-state index contributed by atoms with van der Waals surface area (Å²) in [6.45, 7) is 6.47. The second-order valence-corrected chi connectivity index (χ2v) is 6.00. The van der Waals surface area contributed by atoms with Crippen molar-refractivity contribution in [3.05, 3.63) is 42.0 Å². The van der Waals surface area contributed by atoms with Crippen LogP contribution in [0.5, 0.6) is 11.5 Å². The van der Waals surface area contributed by atoms with Gasteiger partial charge in [-0.3, -0.25) is 0 Å². The molecule has 0 aliphatic carbocycles. The van der Waals surface area contributed by atoms with Crippen molar-refractivity contribution in [2.75, 3.05) is 13.2 Å². The molecule has 0 fully saturated rings. The fourth-order valence-electron chi connectivity index (χ4n) is 2.76. The lowest BCUT2D eigenvalue weighted by atomic mass is 9.95. The fourth-order valence-corrected chi connectivity index (χ4v) is 2.76. The quantitative estimate of drug-likeness (QED) is 0.922. The molecule has 0 bridgehead atoms. The monoisotopic (exact) mass is 301 g/mol. The lowest BCUT2D eigenvalue weighted by Crippen LogP contribution is -2.26. The van der Waals surface area contributed by atoms with Crippen LogP contribution < -0.4 is 14.8 Å². The number of fused-ring (bicyclic) bond motifs is 1. The first-order valence-electron chi connectivity index (χ1n) is 7.73. The van der Waals surface area contributed by atoms with E-state index in [9.17, 15) is 0 Å². The van der Waals surface area contributed by atoms with Gasteiger partial charge in [0.1, 0.15) is 13.2 Å². The molecule has 2 aromatic rings. The minimum Gasteiger partial charge on any atom is -0.486 e. The zero-order chi connectivity index (χ0) is 15.5. The number of hydrogen-bond acceptors (Lipinski definition) is 4. The molecule has 5 heteroatoms. The summed E-state index contributed by atoms with van der Waals surface area (Å²) in [6, 6.07) is 6.47. The molecule has 0 spiro atoms. The predicted octanol–water partition coefficient (Wildman–Crippen LogP) is 2.68. The minimum atomic E-state index is 0.255. The highest BCUT2D eigenvalue weighted by molar-refractivity contribution is 5.44. The first-order valence-corrected chi connectivity index (χ1v) is 7.73. The van der Waals surface area contributed by atoms with Gasteiger partial charge in [0.05, 0.1) is 12.0 Å². The van der Waals surface area contributed by atoms with Crippen molar-refractivity contribution in [2.45, 2.75) is 26.4 Å². The standard InChI is InChI=1S/C17H23N3O2/c1-12(2)17(19-10-14-9-18-11-20(14)3)13-4-5-15-16(8-13)22-7-6-21-15/h4-5,8-9,11-12,17,19H,6-7,10H2,1-3H3/t17-/m1/s1. The lowest BCUT2D eigenvalue weighted by Gasteiger charge is -2.25. The van der Waals surface area contributed by atoms with E-state index in [1.54, 1.807) is 0 Å². The van der Waals surface area contributed by atoms with Crippen LogP contribution >= 0.6 is 0 Å². The van der Waals surface area contributed by atoms with E-state index in [1.165, 1.54) is 11.3 Å². The summed E-state index contributed by atoms with van der Waals surface area (Å²) in [4.78, 5) is 4.16. The highest BCUT2D eigenvalue weighted by Crippen LogP contribution is 2.34. The van der Waals surface area contributed by atoms with Gasteiger partial charge in [0, 0.05) is 25.8 Å². The molecule has 22 heavy (non-hydrogen) atoms. The van der Waals surface area contributed by atoms with Gasteiger partial charge in [0.25, 0.3) is 0 Å². The Labute approximate surface area is 131 Å². The molecule has 1 aromatic heterocycles.